The van der Waals surface area contributed by atoms with Crippen LogP contribution in [0.3, 0.4) is 0 Å². The van der Waals surface area contributed by atoms with Crippen LogP contribution in [0.5, 0.6) is 0 Å². The second-order valence-electron chi connectivity index (χ2n) is 3.62. The lowest BCUT2D eigenvalue weighted by molar-refractivity contribution is -0.118. The summed E-state index contributed by atoms with van der Waals surface area (Å²) in [5.41, 5.74) is 0. The minimum absolute atomic E-state index is 0.0849. The summed E-state index contributed by atoms with van der Waals surface area (Å²) in [6.07, 6.45) is 1.20. The van der Waals surface area contributed by atoms with Gasteiger partial charge in [0.05, 0.1) is 15.7 Å². The van der Waals surface area contributed by atoms with Crippen molar-refractivity contribution >= 4 is 16.6 Å². The fraction of sp³-hybridized carbons (Fsp3) is 0.417. The van der Waals surface area contributed by atoms with Gasteiger partial charge in [-0.2, -0.15) is 0 Å². The molecular formula is C12H14F2O2S. The van der Waals surface area contributed by atoms with Crippen LogP contribution in [0, 0.1) is 11.6 Å². The molecule has 0 heterocycles. The van der Waals surface area contributed by atoms with Gasteiger partial charge in [-0.3, -0.25) is 9.00 Å². The Morgan fingerprint density at radius 3 is 2.71 bits per heavy atom. The van der Waals surface area contributed by atoms with Crippen molar-refractivity contribution in [3.63, 3.8) is 0 Å². The van der Waals surface area contributed by atoms with Crippen LogP contribution in [0.1, 0.15) is 26.2 Å². The third-order valence-electron chi connectivity index (χ3n) is 2.32. The molecule has 0 saturated carbocycles. The Bertz CT molecular complexity index is 433. The number of carbonyl (C=O) groups excluding carboxylic acids is 1. The molecule has 0 saturated heterocycles. The Morgan fingerprint density at radius 2 is 2.06 bits per heavy atom. The van der Waals surface area contributed by atoms with Crippen molar-refractivity contribution < 1.29 is 17.8 Å². The van der Waals surface area contributed by atoms with E-state index < -0.39 is 22.4 Å². The fourth-order valence-corrected chi connectivity index (χ4v) is 2.49. The van der Waals surface area contributed by atoms with E-state index in [2.05, 4.69) is 0 Å². The maximum atomic E-state index is 13.2. The molecule has 17 heavy (non-hydrogen) atoms. The molecule has 1 aromatic rings. The highest BCUT2D eigenvalue weighted by atomic mass is 32.2. The molecule has 0 aliphatic carbocycles. The van der Waals surface area contributed by atoms with Gasteiger partial charge in [0, 0.05) is 18.6 Å². The van der Waals surface area contributed by atoms with Crippen molar-refractivity contribution in [3.8, 4) is 0 Å². The maximum Gasteiger partial charge on any atom is 0.139 e. The highest BCUT2D eigenvalue weighted by Crippen LogP contribution is 2.15. The monoisotopic (exact) mass is 260 g/mol. The smallest absolute Gasteiger partial charge is 0.139 e. The van der Waals surface area contributed by atoms with Gasteiger partial charge < -0.3 is 0 Å². The quantitative estimate of drug-likeness (QED) is 0.788. The average molecular weight is 260 g/mol. The molecule has 0 aromatic heterocycles. The van der Waals surface area contributed by atoms with Gasteiger partial charge in [0.15, 0.2) is 0 Å². The lowest BCUT2D eigenvalue weighted by Crippen LogP contribution is -2.04. The topological polar surface area (TPSA) is 34.1 Å². The van der Waals surface area contributed by atoms with Gasteiger partial charge in [-0.05, 0) is 24.6 Å². The third-order valence-corrected chi connectivity index (χ3v) is 3.78. The highest BCUT2D eigenvalue weighted by Gasteiger charge is 2.11. The van der Waals surface area contributed by atoms with Crippen LogP contribution in [0.25, 0.3) is 0 Å². The van der Waals surface area contributed by atoms with Crippen LogP contribution >= 0.6 is 0 Å². The number of carbonyl (C=O) groups is 1. The van der Waals surface area contributed by atoms with Crippen LogP contribution in [-0.2, 0) is 15.6 Å². The van der Waals surface area contributed by atoms with Gasteiger partial charge in [-0.25, -0.2) is 8.78 Å². The van der Waals surface area contributed by atoms with E-state index in [1.54, 1.807) is 6.92 Å². The summed E-state index contributed by atoms with van der Waals surface area (Å²) in [6, 6.07) is 2.88. The molecule has 0 N–H and O–H groups in total. The van der Waals surface area contributed by atoms with Gasteiger partial charge in [-0.1, -0.05) is 6.92 Å². The molecule has 0 amide bonds. The van der Waals surface area contributed by atoms with Crippen molar-refractivity contribution in [1.82, 2.24) is 0 Å². The zero-order valence-electron chi connectivity index (χ0n) is 9.54. The lowest BCUT2D eigenvalue weighted by Gasteiger charge is -2.03. The Morgan fingerprint density at radius 1 is 1.35 bits per heavy atom. The summed E-state index contributed by atoms with van der Waals surface area (Å²) in [6.45, 7) is 1.76. The van der Waals surface area contributed by atoms with Crippen molar-refractivity contribution in [2.75, 3.05) is 5.75 Å². The first-order valence-corrected chi connectivity index (χ1v) is 6.71. The van der Waals surface area contributed by atoms with E-state index in [4.69, 9.17) is 0 Å². The molecule has 0 radical (unpaired) electrons. The molecule has 1 atom stereocenters. The van der Waals surface area contributed by atoms with Gasteiger partial charge in [0.2, 0.25) is 0 Å². The molecular weight excluding hydrogens is 246 g/mol. The van der Waals surface area contributed by atoms with E-state index in [0.29, 0.717) is 19.3 Å². The average Bonchev–Trinajstić information content (AvgIpc) is 2.31. The van der Waals surface area contributed by atoms with Crippen molar-refractivity contribution in [1.29, 1.82) is 0 Å². The minimum atomic E-state index is -1.59. The second kappa shape index (κ2) is 6.59. The van der Waals surface area contributed by atoms with E-state index in [1.165, 1.54) is 0 Å². The highest BCUT2D eigenvalue weighted by molar-refractivity contribution is 7.85. The molecule has 2 nitrogen and oxygen atoms in total. The molecule has 0 bridgehead atoms. The number of benzene rings is 1. The van der Waals surface area contributed by atoms with Gasteiger partial charge >= 0.3 is 0 Å². The molecule has 94 valence electrons. The van der Waals surface area contributed by atoms with Crippen LogP contribution in [0.2, 0.25) is 0 Å². The van der Waals surface area contributed by atoms with Crippen molar-refractivity contribution in [3.05, 3.63) is 29.8 Å². The number of ketones is 1. The van der Waals surface area contributed by atoms with E-state index in [1.807, 2.05) is 0 Å². The van der Waals surface area contributed by atoms with Gasteiger partial charge in [0.25, 0.3) is 0 Å². The number of rotatable bonds is 6. The zero-order valence-corrected chi connectivity index (χ0v) is 10.4. The third kappa shape index (κ3) is 4.34. The minimum Gasteiger partial charge on any atom is -0.300 e. The lowest BCUT2D eigenvalue weighted by atomic mass is 10.2. The molecule has 1 aromatic carbocycles. The first-order chi connectivity index (χ1) is 8.04. The SMILES string of the molecule is CCC(=O)CCCS(=O)c1cc(F)ccc1F. The molecule has 0 fully saturated rings. The molecule has 0 aliphatic heterocycles. The van der Waals surface area contributed by atoms with Crippen LogP contribution in [-0.4, -0.2) is 15.7 Å². The molecule has 5 heteroatoms. The second-order valence-corrected chi connectivity index (χ2v) is 5.16. The summed E-state index contributed by atoms with van der Waals surface area (Å²) in [4.78, 5) is 10.9. The Labute approximate surface area is 101 Å². The summed E-state index contributed by atoms with van der Waals surface area (Å²) < 4.78 is 37.8. The van der Waals surface area contributed by atoms with Crippen LogP contribution < -0.4 is 0 Å². The normalized spacial score (nSPS) is 12.4. The van der Waals surface area contributed by atoms with Crippen molar-refractivity contribution in [2.45, 2.75) is 31.1 Å². The van der Waals surface area contributed by atoms with Crippen LogP contribution in [0.4, 0.5) is 8.78 Å². The molecule has 0 aliphatic rings. The van der Waals surface area contributed by atoms with Crippen molar-refractivity contribution in [2.24, 2.45) is 0 Å². The Balaban J connectivity index is 2.58. The summed E-state index contributed by atoms with van der Waals surface area (Å²) in [5, 5.41) is 0. The molecule has 1 rings (SSSR count). The number of hydrogen-bond acceptors (Lipinski definition) is 2. The van der Waals surface area contributed by atoms with Gasteiger partial charge in [-0.15, -0.1) is 0 Å². The van der Waals surface area contributed by atoms with E-state index in [0.717, 1.165) is 18.2 Å². The summed E-state index contributed by atoms with van der Waals surface area (Å²) >= 11 is 0. The zero-order chi connectivity index (χ0) is 12.8. The first kappa shape index (κ1) is 14.0. The van der Waals surface area contributed by atoms with E-state index in [-0.39, 0.29) is 16.4 Å². The predicted octanol–water partition coefficient (Wildman–Crippen LogP) is 2.83. The van der Waals surface area contributed by atoms with Crippen LogP contribution in [0.15, 0.2) is 23.1 Å². The maximum absolute atomic E-state index is 13.2. The number of halogens is 2. The number of Topliss-reactive ketones (excluding diaryl/α,β-unsaturated/α-hetero) is 1. The number of hydrogen-bond donors (Lipinski definition) is 0. The Hall–Kier alpha value is -1.10. The van der Waals surface area contributed by atoms with E-state index >= 15 is 0 Å². The Kier molecular flexibility index (Phi) is 5.41. The summed E-state index contributed by atoms with van der Waals surface area (Å²) in [5.74, 6) is -1.03. The first-order valence-electron chi connectivity index (χ1n) is 5.39. The molecule has 1 unspecified atom stereocenters. The fourth-order valence-electron chi connectivity index (χ4n) is 1.34. The molecule has 0 spiro atoms. The van der Waals surface area contributed by atoms with Gasteiger partial charge in [0.1, 0.15) is 17.4 Å². The summed E-state index contributed by atoms with van der Waals surface area (Å²) in [7, 11) is -1.59. The largest absolute Gasteiger partial charge is 0.300 e. The van der Waals surface area contributed by atoms with E-state index in [9.17, 15) is 17.8 Å². The predicted molar refractivity (Wildman–Crippen MR) is 62.2 cm³/mol. The standard InChI is InChI=1S/C12H14F2O2S/c1-2-10(15)4-3-7-17(16)12-8-9(13)5-6-11(12)14/h5-6,8H,2-4,7H2,1H3.